The van der Waals surface area contributed by atoms with Gasteiger partial charge in [0.2, 0.25) is 0 Å². The fraction of sp³-hybridized carbons (Fsp3) is 0.409. The number of hydrogen-bond acceptors (Lipinski definition) is 4. The molecule has 0 bridgehead atoms. The Labute approximate surface area is 161 Å². The van der Waals surface area contributed by atoms with E-state index in [1.807, 2.05) is 6.20 Å². The summed E-state index contributed by atoms with van der Waals surface area (Å²) in [6, 6.07) is 15.3. The van der Waals surface area contributed by atoms with Crippen LogP contribution in [0.2, 0.25) is 0 Å². The fourth-order valence-corrected chi connectivity index (χ4v) is 3.75. The van der Waals surface area contributed by atoms with Gasteiger partial charge in [-0.3, -0.25) is 0 Å². The minimum atomic E-state index is 0.266. The van der Waals surface area contributed by atoms with Crippen molar-refractivity contribution in [1.82, 2.24) is 20.2 Å². The molecule has 0 amide bonds. The standard InChI is InChI=1S/C22H29N5/c1-3-26-10-12-27(13-11-26)22-14-18(8-9-23-22)16-24-17(2)21-15-19-6-4-5-7-20(19)25-21/h4-9,14-15,17,24-25H,3,10-13,16H2,1-2H3. The van der Waals surface area contributed by atoms with E-state index >= 15 is 0 Å². The van der Waals surface area contributed by atoms with Crippen molar-refractivity contribution < 1.29 is 0 Å². The van der Waals surface area contributed by atoms with Gasteiger partial charge in [-0.2, -0.15) is 0 Å². The highest BCUT2D eigenvalue weighted by atomic mass is 15.3. The van der Waals surface area contributed by atoms with Crippen molar-refractivity contribution >= 4 is 16.7 Å². The smallest absolute Gasteiger partial charge is 0.128 e. The molecule has 3 heterocycles. The molecule has 4 rings (SSSR count). The first-order valence-corrected chi connectivity index (χ1v) is 9.96. The van der Waals surface area contributed by atoms with Gasteiger partial charge >= 0.3 is 0 Å². The Bertz CT molecular complexity index is 846. The van der Waals surface area contributed by atoms with Gasteiger partial charge in [0, 0.05) is 56.2 Å². The molecule has 1 aromatic carbocycles. The van der Waals surface area contributed by atoms with Crippen LogP contribution in [0.1, 0.15) is 31.1 Å². The summed E-state index contributed by atoms with van der Waals surface area (Å²) in [7, 11) is 0. The summed E-state index contributed by atoms with van der Waals surface area (Å²) < 4.78 is 0. The first-order chi connectivity index (χ1) is 13.2. The average molecular weight is 364 g/mol. The summed E-state index contributed by atoms with van der Waals surface area (Å²) in [5, 5.41) is 4.90. The van der Waals surface area contributed by atoms with Crippen molar-refractivity contribution in [2.45, 2.75) is 26.4 Å². The van der Waals surface area contributed by atoms with E-state index in [-0.39, 0.29) is 6.04 Å². The largest absolute Gasteiger partial charge is 0.357 e. The van der Waals surface area contributed by atoms with Gasteiger partial charge in [-0.25, -0.2) is 4.98 Å². The number of rotatable bonds is 6. The molecular weight excluding hydrogens is 334 g/mol. The van der Waals surface area contributed by atoms with Crippen molar-refractivity contribution in [3.63, 3.8) is 0 Å². The number of H-pyrrole nitrogens is 1. The molecule has 0 saturated carbocycles. The number of benzene rings is 1. The lowest BCUT2D eigenvalue weighted by Crippen LogP contribution is -2.46. The van der Waals surface area contributed by atoms with Crippen molar-refractivity contribution in [3.8, 4) is 0 Å². The van der Waals surface area contributed by atoms with Crippen LogP contribution in [0.3, 0.4) is 0 Å². The van der Waals surface area contributed by atoms with Gasteiger partial charge < -0.3 is 20.1 Å². The third-order valence-electron chi connectivity index (χ3n) is 5.58. The van der Waals surface area contributed by atoms with Crippen LogP contribution in [0, 0.1) is 0 Å². The minimum absolute atomic E-state index is 0.266. The van der Waals surface area contributed by atoms with Gasteiger partial charge in [0.05, 0.1) is 0 Å². The zero-order chi connectivity index (χ0) is 18.6. The molecule has 0 radical (unpaired) electrons. The maximum Gasteiger partial charge on any atom is 0.128 e. The Morgan fingerprint density at radius 1 is 1.11 bits per heavy atom. The number of pyridine rings is 1. The highest BCUT2D eigenvalue weighted by Gasteiger charge is 2.17. The molecule has 1 aliphatic rings. The number of likely N-dealkylation sites (N-methyl/N-ethyl adjacent to an activating group) is 1. The summed E-state index contributed by atoms with van der Waals surface area (Å²) >= 11 is 0. The Balaban J connectivity index is 1.38. The third kappa shape index (κ3) is 4.15. The molecule has 1 atom stereocenters. The van der Waals surface area contributed by atoms with Gasteiger partial charge in [0.25, 0.3) is 0 Å². The summed E-state index contributed by atoms with van der Waals surface area (Å²) in [5.74, 6) is 1.10. The van der Waals surface area contributed by atoms with Crippen LogP contribution >= 0.6 is 0 Å². The predicted octanol–water partition coefficient (Wildman–Crippen LogP) is 3.56. The van der Waals surface area contributed by atoms with Gasteiger partial charge in [0.1, 0.15) is 5.82 Å². The van der Waals surface area contributed by atoms with Crippen molar-refractivity contribution in [2.24, 2.45) is 0 Å². The number of aromatic nitrogens is 2. The zero-order valence-electron chi connectivity index (χ0n) is 16.3. The van der Waals surface area contributed by atoms with Crippen LogP contribution in [0.25, 0.3) is 10.9 Å². The van der Waals surface area contributed by atoms with Gasteiger partial charge in [0.15, 0.2) is 0 Å². The van der Waals surface area contributed by atoms with Gasteiger partial charge in [-0.1, -0.05) is 25.1 Å². The number of hydrogen-bond donors (Lipinski definition) is 2. The van der Waals surface area contributed by atoms with E-state index in [1.165, 1.54) is 22.2 Å². The molecule has 1 unspecified atom stereocenters. The van der Waals surface area contributed by atoms with E-state index < -0.39 is 0 Å². The van der Waals surface area contributed by atoms with Crippen molar-refractivity contribution in [3.05, 3.63) is 59.9 Å². The van der Waals surface area contributed by atoms with E-state index in [1.54, 1.807) is 0 Å². The highest BCUT2D eigenvalue weighted by Crippen LogP contribution is 2.20. The number of aromatic amines is 1. The molecule has 2 aromatic heterocycles. The number of anilines is 1. The highest BCUT2D eigenvalue weighted by molar-refractivity contribution is 5.80. The third-order valence-corrected chi connectivity index (χ3v) is 5.58. The second-order valence-corrected chi connectivity index (χ2v) is 7.36. The predicted molar refractivity (Wildman–Crippen MR) is 112 cm³/mol. The van der Waals surface area contributed by atoms with E-state index in [0.717, 1.165) is 45.1 Å². The Morgan fingerprint density at radius 2 is 1.93 bits per heavy atom. The van der Waals surface area contributed by atoms with Crippen molar-refractivity contribution in [2.75, 3.05) is 37.6 Å². The number of fused-ring (bicyclic) bond motifs is 1. The molecule has 27 heavy (non-hydrogen) atoms. The lowest BCUT2D eigenvalue weighted by molar-refractivity contribution is 0.270. The molecule has 5 nitrogen and oxygen atoms in total. The summed E-state index contributed by atoms with van der Waals surface area (Å²) in [6.07, 6.45) is 1.94. The number of nitrogens with zero attached hydrogens (tertiary/aromatic N) is 3. The molecule has 0 aliphatic carbocycles. The topological polar surface area (TPSA) is 47.2 Å². The van der Waals surface area contributed by atoms with Crippen LogP contribution in [-0.4, -0.2) is 47.6 Å². The number of nitrogens with one attached hydrogen (secondary N) is 2. The average Bonchev–Trinajstić information content (AvgIpc) is 3.17. The summed E-state index contributed by atoms with van der Waals surface area (Å²) in [6.45, 7) is 10.8. The maximum absolute atomic E-state index is 4.60. The van der Waals surface area contributed by atoms with E-state index in [9.17, 15) is 0 Å². The van der Waals surface area contributed by atoms with E-state index in [4.69, 9.17) is 0 Å². The lowest BCUT2D eigenvalue weighted by Gasteiger charge is -2.34. The van der Waals surface area contributed by atoms with Crippen LogP contribution in [0.4, 0.5) is 5.82 Å². The molecule has 1 aliphatic heterocycles. The SMILES string of the molecule is CCN1CCN(c2cc(CNC(C)c3cc4ccccc4[nH]3)ccn2)CC1. The second kappa shape index (κ2) is 8.11. The monoisotopic (exact) mass is 363 g/mol. The number of piperazine rings is 1. The lowest BCUT2D eigenvalue weighted by atomic mass is 10.2. The summed E-state index contributed by atoms with van der Waals surface area (Å²) in [4.78, 5) is 13.0. The van der Waals surface area contributed by atoms with Crippen LogP contribution in [-0.2, 0) is 6.54 Å². The maximum atomic E-state index is 4.60. The Kier molecular flexibility index (Phi) is 5.41. The van der Waals surface area contributed by atoms with E-state index in [2.05, 4.69) is 81.4 Å². The fourth-order valence-electron chi connectivity index (χ4n) is 3.75. The van der Waals surface area contributed by atoms with Gasteiger partial charge in [-0.05, 0) is 48.7 Å². The Hall–Kier alpha value is -2.37. The Morgan fingerprint density at radius 3 is 2.70 bits per heavy atom. The molecule has 3 aromatic rings. The molecule has 1 saturated heterocycles. The van der Waals surface area contributed by atoms with Crippen LogP contribution in [0.15, 0.2) is 48.7 Å². The first-order valence-electron chi connectivity index (χ1n) is 9.96. The molecule has 5 heteroatoms. The molecule has 142 valence electrons. The van der Waals surface area contributed by atoms with Crippen LogP contribution < -0.4 is 10.2 Å². The normalized spacial score (nSPS) is 16.7. The molecule has 2 N–H and O–H groups in total. The van der Waals surface area contributed by atoms with E-state index in [0.29, 0.717) is 0 Å². The minimum Gasteiger partial charge on any atom is -0.357 e. The molecular formula is C22H29N5. The van der Waals surface area contributed by atoms with Crippen molar-refractivity contribution in [1.29, 1.82) is 0 Å². The number of para-hydroxylation sites is 1. The quantitative estimate of drug-likeness (QED) is 0.703. The zero-order valence-corrected chi connectivity index (χ0v) is 16.3. The second-order valence-electron chi connectivity index (χ2n) is 7.36. The molecule has 1 fully saturated rings. The first kappa shape index (κ1) is 18.0. The molecule has 0 spiro atoms. The summed E-state index contributed by atoms with van der Waals surface area (Å²) in [5.41, 5.74) is 3.70. The van der Waals surface area contributed by atoms with Gasteiger partial charge in [-0.15, -0.1) is 0 Å². The van der Waals surface area contributed by atoms with Crippen LogP contribution in [0.5, 0.6) is 0 Å².